The number of hydrogen-bond donors (Lipinski definition) is 1. The van der Waals surface area contributed by atoms with E-state index in [1.807, 2.05) is 13.0 Å². The number of halogens is 1. The molecule has 5 nitrogen and oxygen atoms in total. The lowest BCUT2D eigenvalue weighted by molar-refractivity contribution is -0.118. The highest BCUT2D eigenvalue weighted by atomic mass is 79.9. The van der Waals surface area contributed by atoms with E-state index in [9.17, 15) is 4.79 Å². The first-order chi connectivity index (χ1) is 8.70. The molecule has 0 spiro atoms. The molecule has 2 heterocycles. The van der Waals surface area contributed by atoms with Crippen LogP contribution in [-0.4, -0.2) is 20.9 Å². The van der Waals surface area contributed by atoms with Crippen molar-refractivity contribution in [3.8, 4) is 0 Å². The Hall–Kier alpha value is -1.69. The van der Waals surface area contributed by atoms with E-state index in [1.54, 1.807) is 29.7 Å². The Morgan fingerprint density at radius 3 is 2.94 bits per heavy atom. The minimum absolute atomic E-state index is 0.0336. The second-order valence-electron chi connectivity index (χ2n) is 3.73. The molecule has 0 unspecified atom stereocenters. The Balaban J connectivity index is 2.28. The van der Waals surface area contributed by atoms with E-state index in [4.69, 9.17) is 0 Å². The quantitative estimate of drug-likeness (QED) is 0.944. The minimum Gasteiger partial charge on any atom is -0.347 e. The van der Waals surface area contributed by atoms with E-state index in [-0.39, 0.29) is 5.91 Å². The van der Waals surface area contributed by atoms with Crippen LogP contribution < -0.4 is 4.90 Å². The van der Waals surface area contributed by atoms with Crippen molar-refractivity contribution in [1.29, 1.82) is 0 Å². The molecule has 2 rings (SSSR count). The largest absolute Gasteiger partial charge is 0.347 e. The van der Waals surface area contributed by atoms with Crippen LogP contribution in [0, 0.1) is 0 Å². The first-order valence-electron chi connectivity index (χ1n) is 5.60. The van der Waals surface area contributed by atoms with Crippen LogP contribution >= 0.6 is 15.9 Å². The summed E-state index contributed by atoms with van der Waals surface area (Å²) in [6.45, 7) is 2.25. The number of nitrogens with zero attached hydrogens (tertiary/aromatic N) is 3. The fourth-order valence-corrected chi connectivity index (χ4v) is 1.95. The Morgan fingerprint density at radius 2 is 2.33 bits per heavy atom. The van der Waals surface area contributed by atoms with Gasteiger partial charge in [0.05, 0.1) is 18.4 Å². The second-order valence-corrected chi connectivity index (χ2v) is 4.65. The van der Waals surface area contributed by atoms with Crippen molar-refractivity contribution >= 4 is 27.5 Å². The third-order valence-electron chi connectivity index (χ3n) is 2.47. The van der Waals surface area contributed by atoms with Gasteiger partial charge in [0.2, 0.25) is 5.91 Å². The van der Waals surface area contributed by atoms with Gasteiger partial charge in [-0.3, -0.25) is 9.78 Å². The molecule has 0 saturated heterocycles. The van der Waals surface area contributed by atoms with Crippen LogP contribution in [0.5, 0.6) is 0 Å². The second kappa shape index (κ2) is 5.77. The van der Waals surface area contributed by atoms with Crippen molar-refractivity contribution in [2.45, 2.75) is 19.9 Å². The van der Waals surface area contributed by atoms with Crippen LogP contribution in [0.25, 0.3) is 0 Å². The first-order valence-corrected chi connectivity index (χ1v) is 6.39. The number of hydrogen-bond acceptors (Lipinski definition) is 3. The Bertz CT molecular complexity index is 527. The maximum Gasteiger partial charge on any atom is 0.227 e. The van der Waals surface area contributed by atoms with Crippen molar-refractivity contribution in [2.24, 2.45) is 0 Å². The number of amides is 1. The van der Waals surface area contributed by atoms with Crippen molar-refractivity contribution in [2.75, 3.05) is 4.90 Å². The Labute approximate surface area is 113 Å². The standard InChI is InChI=1S/C12H13BrN4O/c1-2-12(18)17(8-11-15-3-4-16-11)10-5-9(13)6-14-7-10/h3-7H,2,8H2,1H3,(H,15,16). The van der Waals surface area contributed by atoms with Gasteiger partial charge in [0.25, 0.3) is 0 Å². The summed E-state index contributed by atoms with van der Waals surface area (Å²) in [4.78, 5) is 24.9. The molecular weight excluding hydrogens is 296 g/mol. The van der Waals surface area contributed by atoms with Crippen molar-refractivity contribution in [3.63, 3.8) is 0 Å². The van der Waals surface area contributed by atoms with Gasteiger partial charge in [-0.05, 0) is 22.0 Å². The number of anilines is 1. The fraction of sp³-hybridized carbons (Fsp3) is 0.250. The lowest BCUT2D eigenvalue weighted by Crippen LogP contribution is -2.30. The van der Waals surface area contributed by atoms with Gasteiger partial charge < -0.3 is 9.88 Å². The zero-order valence-electron chi connectivity index (χ0n) is 9.93. The number of H-pyrrole nitrogens is 1. The third kappa shape index (κ3) is 2.95. The molecule has 1 amide bonds. The number of nitrogens with one attached hydrogen (secondary N) is 1. The Kier molecular flexibility index (Phi) is 4.09. The molecule has 6 heteroatoms. The average Bonchev–Trinajstić information content (AvgIpc) is 2.88. The number of pyridine rings is 1. The topological polar surface area (TPSA) is 61.9 Å². The van der Waals surface area contributed by atoms with E-state index in [0.29, 0.717) is 13.0 Å². The normalized spacial score (nSPS) is 10.3. The molecule has 0 aliphatic carbocycles. The first kappa shape index (κ1) is 12.8. The molecule has 0 aliphatic rings. The number of rotatable bonds is 4. The zero-order valence-corrected chi connectivity index (χ0v) is 11.5. The van der Waals surface area contributed by atoms with Crippen LogP contribution in [0.1, 0.15) is 19.2 Å². The SMILES string of the molecule is CCC(=O)N(Cc1ncc[nH]1)c1cncc(Br)c1. The van der Waals surface area contributed by atoms with E-state index in [0.717, 1.165) is 16.0 Å². The number of carbonyl (C=O) groups is 1. The summed E-state index contributed by atoms with van der Waals surface area (Å²) in [6, 6.07) is 1.86. The van der Waals surface area contributed by atoms with Crippen molar-refractivity contribution < 1.29 is 4.79 Å². The molecule has 0 aromatic carbocycles. The number of carbonyl (C=O) groups excluding carboxylic acids is 1. The number of aromatic amines is 1. The predicted octanol–water partition coefficient (Wildman–Crippen LogP) is 2.51. The molecule has 0 radical (unpaired) electrons. The van der Waals surface area contributed by atoms with E-state index in [2.05, 4.69) is 30.9 Å². The summed E-state index contributed by atoms with van der Waals surface area (Å²) in [5.41, 5.74) is 0.757. The smallest absolute Gasteiger partial charge is 0.227 e. The highest BCUT2D eigenvalue weighted by Gasteiger charge is 2.16. The van der Waals surface area contributed by atoms with Gasteiger partial charge in [-0.25, -0.2) is 4.98 Å². The summed E-state index contributed by atoms with van der Waals surface area (Å²) >= 11 is 3.36. The van der Waals surface area contributed by atoms with Gasteiger partial charge in [0.1, 0.15) is 5.82 Å². The zero-order chi connectivity index (χ0) is 13.0. The van der Waals surface area contributed by atoms with E-state index < -0.39 is 0 Å². The van der Waals surface area contributed by atoms with Gasteiger partial charge in [-0.2, -0.15) is 0 Å². The molecule has 0 aliphatic heterocycles. The van der Waals surface area contributed by atoms with Gasteiger partial charge in [0, 0.05) is 29.5 Å². The molecule has 0 atom stereocenters. The fourth-order valence-electron chi connectivity index (χ4n) is 1.60. The summed E-state index contributed by atoms with van der Waals surface area (Å²) < 4.78 is 0.841. The predicted molar refractivity (Wildman–Crippen MR) is 72.0 cm³/mol. The summed E-state index contributed by atoms with van der Waals surface area (Å²) in [5, 5.41) is 0. The van der Waals surface area contributed by atoms with E-state index in [1.165, 1.54) is 0 Å². The molecule has 0 bridgehead atoms. The van der Waals surface area contributed by atoms with Crippen LogP contribution in [0.3, 0.4) is 0 Å². The lowest BCUT2D eigenvalue weighted by Gasteiger charge is -2.21. The number of aromatic nitrogens is 3. The summed E-state index contributed by atoms with van der Waals surface area (Å²) in [5.74, 6) is 0.781. The molecule has 94 valence electrons. The molecule has 1 N–H and O–H groups in total. The van der Waals surface area contributed by atoms with Gasteiger partial charge >= 0.3 is 0 Å². The molecular formula is C12H13BrN4O. The number of imidazole rings is 1. The molecule has 0 fully saturated rings. The summed E-state index contributed by atoms with van der Waals surface area (Å²) in [6.07, 6.45) is 7.20. The van der Waals surface area contributed by atoms with Crippen LogP contribution in [0.15, 0.2) is 35.3 Å². The monoisotopic (exact) mass is 308 g/mol. The lowest BCUT2D eigenvalue weighted by atomic mass is 10.3. The maximum atomic E-state index is 12.0. The average molecular weight is 309 g/mol. The van der Waals surface area contributed by atoms with Crippen molar-refractivity contribution in [1.82, 2.24) is 15.0 Å². The molecule has 2 aromatic rings. The minimum atomic E-state index is 0.0336. The Morgan fingerprint density at radius 1 is 1.50 bits per heavy atom. The van der Waals surface area contributed by atoms with Crippen LogP contribution in [0.4, 0.5) is 5.69 Å². The maximum absolute atomic E-state index is 12.0. The summed E-state index contributed by atoms with van der Waals surface area (Å²) in [7, 11) is 0. The molecule has 18 heavy (non-hydrogen) atoms. The highest BCUT2D eigenvalue weighted by Crippen LogP contribution is 2.20. The van der Waals surface area contributed by atoms with Gasteiger partial charge in [0.15, 0.2) is 0 Å². The highest BCUT2D eigenvalue weighted by molar-refractivity contribution is 9.10. The van der Waals surface area contributed by atoms with Crippen molar-refractivity contribution in [3.05, 3.63) is 41.2 Å². The van der Waals surface area contributed by atoms with Gasteiger partial charge in [-0.15, -0.1) is 0 Å². The molecule has 0 saturated carbocycles. The third-order valence-corrected chi connectivity index (χ3v) is 2.90. The van der Waals surface area contributed by atoms with Gasteiger partial charge in [-0.1, -0.05) is 6.92 Å². The van der Waals surface area contributed by atoms with Crippen LogP contribution in [0.2, 0.25) is 0 Å². The van der Waals surface area contributed by atoms with E-state index >= 15 is 0 Å². The van der Waals surface area contributed by atoms with Crippen LogP contribution in [-0.2, 0) is 11.3 Å². The molecule has 2 aromatic heterocycles.